The number of imidazole rings is 1. The number of carbonyl (C=O) groups is 1. The van der Waals surface area contributed by atoms with Crippen LogP contribution in [0.4, 0.5) is 0 Å². The van der Waals surface area contributed by atoms with Crippen LogP contribution in [0.3, 0.4) is 0 Å². The van der Waals surface area contributed by atoms with E-state index in [1.807, 2.05) is 11.6 Å². The van der Waals surface area contributed by atoms with Gasteiger partial charge < -0.3 is 15.6 Å². The van der Waals surface area contributed by atoms with Crippen LogP contribution in [0, 0.1) is 5.92 Å². The Morgan fingerprint density at radius 1 is 1.58 bits per heavy atom. The molecule has 0 bridgehead atoms. The molecule has 0 aliphatic heterocycles. The Balaban J connectivity index is 1.70. The van der Waals surface area contributed by atoms with E-state index >= 15 is 0 Å². The lowest BCUT2D eigenvalue weighted by Crippen LogP contribution is -2.38. The maximum Gasteiger partial charge on any atom is 0.252 e. The third-order valence-corrected chi connectivity index (χ3v) is 3.54. The number of amides is 1. The number of carbonyl (C=O) groups excluding carboxylic acids is 1. The lowest BCUT2D eigenvalue weighted by atomic mass is 10.2. The number of fused-ring (bicyclic) bond motifs is 1. The average molecular weight is 259 g/mol. The summed E-state index contributed by atoms with van der Waals surface area (Å²) >= 11 is 0. The number of hydrogen-bond acceptors (Lipinski definition) is 4. The van der Waals surface area contributed by atoms with Gasteiger partial charge in [0, 0.05) is 25.8 Å². The minimum absolute atomic E-state index is 0.0653. The van der Waals surface area contributed by atoms with E-state index < -0.39 is 0 Å². The molecule has 2 heterocycles. The van der Waals surface area contributed by atoms with Gasteiger partial charge >= 0.3 is 0 Å². The van der Waals surface area contributed by atoms with Gasteiger partial charge in [-0.2, -0.15) is 0 Å². The number of aryl methyl sites for hydroxylation is 1. The Morgan fingerprint density at radius 2 is 2.37 bits per heavy atom. The number of aromatic nitrogens is 3. The van der Waals surface area contributed by atoms with E-state index in [4.69, 9.17) is 5.73 Å². The Kier molecular flexibility index (Phi) is 2.94. The predicted octanol–water partition coefficient (Wildman–Crippen LogP) is 0.435. The van der Waals surface area contributed by atoms with Crippen LogP contribution in [0.5, 0.6) is 0 Å². The van der Waals surface area contributed by atoms with Crippen LogP contribution in [-0.4, -0.2) is 33.0 Å². The van der Waals surface area contributed by atoms with Crippen LogP contribution in [0.2, 0.25) is 0 Å². The molecule has 1 atom stereocenters. The Hall–Kier alpha value is -1.95. The zero-order valence-corrected chi connectivity index (χ0v) is 10.8. The van der Waals surface area contributed by atoms with Crippen LogP contribution in [0.15, 0.2) is 18.6 Å². The van der Waals surface area contributed by atoms with Gasteiger partial charge in [0.25, 0.3) is 5.91 Å². The SMILES string of the molecule is Cn1cnc2cc(C(=O)NCC(N)C3CC3)cnc21. The van der Waals surface area contributed by atoms with Crippen molar-refractivity contribution in [3.63, 3.8) is 0 Å². The topological polar surface area (TPSA) is 85.8 Å². The number of pyridine rings is 1. The monoisotopic (exact) mass is 259 g/mol. The van der Waals surface area contributed by atoms with E-state index in [2.05, 4.69) is 15.3 Å². The number of nitrogens with one attached hydrogen (secondary N) is 1. The second-order valence-corrected chi connectivity index (χ2v) is 5.13. The van der Waals surface area contributed by atoms with Crippen LogP contribution in [0.1, 0.15) is 23.2 Å². The highest BCUT2D eigenvalue weighted by atomic mass is 16.1. The number of nitrogens with zero attached hydrogens (tertiary/aromatic N) is 3. The van der Waals surface area contributed by atoms with Gasteiger partial charge in [-0.1, -0.05) is 0 Å². The fourth-order valence-corrected chi connectivity index (χ4v) is 2.14. The molecule has 1 amide bonds. The minimum Gasteiger partial charge on any atom is -0.350 e. The molecule has 6 heteroatoms. The summed E-state index contributed by atoms with van der Waals surface area (Å²) in [6.45, 7) is 0.518. The number of rotatable bonds is 4. The maximum atomic E-state index is 12.0. The predicted molar refractivity (Wildman–Crippen MR) is 71.5 cm³/mol. The van der Waals surface area contributed by atoms with Gasteiger partial charge in [-0.05, 0) is 24.8 Å². The fraction of sp³-hybridized carbons (Fsp3) is 0.462. The summed E-state index contributed by atoms with van der Waals surface area (Å²) in [6, 6.07) is 1.82. The summed E-state index contributed by atoms with van der Waals surface area (Å²) < 4.78 is 1.82. The summed E-state index contributed by atoms with van der Waals surface area (Å²) in [4.78, 5) is 20.4. The van der Waals surface area contributed by atoms with Gasteiger partial charge in [-0.25, -0.2) is 9.97 Å². The normalized spacial score (nSPS) is 16.5. The smallest absolute Gasteiger partial charge is 0.252 e. The van der Waals surface area contributed by atoms with Gasteiger partial charge in [0.2, 0.25) is 0 Å². The molecule has 100 valence electrons. The largest absolute Gasteiger partial charge is 0.350 e. The van der Waals surface area contributed by atoms with Gasteiger partial charge in [0.05, 0.1) is 11.9 Å². The Labute approximate surface area is 111 Å². The third kappa shape index (κ3) is 2.44. The highest BCUT2D eigenvalue weighted by Gasteiger charge is 2.28. The van der Waals surface area contributed by atoms with Crippen molar-refractivity contribution in [3.8, 4) is 0 Å². The first-order valence-corrected chi connectivity index (χ1v) is 6.46. The summed E-state index contributed by atoms with van der Waals surface area (Å²) in [5.41, 5.74) is 7.97. The first-order chi connectivity index (χ1) is 9.15. The van der Waals surface area contributed by atoms with Crippen molar-refractivity contribution in [1.82, 2.24) is 19.9 Å². The minimum atomic E-state index is -0.142. The third-order valence-electron chi connectivity index (χ3n) is 3.54. The first-order valence-electron chi connectivity index (χ1n) is 6.46. The van der Waals surface area contributed by atoms with Crippen molar-refractivity contribution < 1.29 is 4.79 Å². The molecule has 1 fully saturated rings. The van der Waals surface area contributed by atoms with E-state index in [1.165, 1.54) is 12.8 Å². The maximum absolute atomic E-state index is 12.0. The highest BCUT2D eigenvalue weighted by Crippen LogP contribution is 2.31. The molecule has 1 aliphatic rings. The van der Waals surface area contributed by atoms with Crippen molar-refractivity contribution in [2.45, 2.75) is 18.9 Å². The molecule has 3 N–H and O–H groups in total. The van der Waals surface area contributed by atoms with Crippen LogP contribution in [-0.2, 0) is 7.05 Å². The van der Waals surface area contributed by atoms with Crippen molar-refractivity contribution in [2.75, 3.05) is 6.54 Å². The summed E-state index contributed by atoms with van der Waals surface area (Å²) in [6.07, 6.45) is 5.61. The molecule has 3 rings (SSSR count). The Bertz CT molecular complexity index is 617. The summed E-state index contributed by atoms with van der Waals surface area (Å²) in [5.74, 6) is 0.438. The van der Waals surface area contributed by atoms with Gasteiger partial charge in [-0.3, -0.25) is 4.79 Å². The molecule has 0 radical (unpaired) electrons. The van der Waals surface area contributed by atoms with Crippen LogP contribution >= 0.6 is 0 Å². The first kappa shape index (κ1) is 12.1. The summed E-state index contributed by atoms with van der Waals surface area (Å²) in [5, 5.41) is 2.85. The molecule has 0 aromatic carbocycles. The van der Waals surface area contributed by atoms with Gasteiger partial charge in [0.15, 0.2) is 5.65 Å². The molecule has 19 heavy (non-hydrogen) atoms. The zero-order valence-electron chi connectivity index (χ0n) is 10.8. The second kappa shape index (κ2) is 4.62. The van der Waals surface area contributed by atoms with E-state index in [9.17, 15) is 4.79 Å². The van der Waals surface area contributed by atoms with Crippen molar-refractivity contribution in [2.24, 2.45) is 18.7 Å². The molecule has 1 saturated carbocycles. The lowest BCUT2D eigenvalue weighted by molar-refractivity contribution is 0.0950. The lowest BCUT2D eigenvalue weighted by Gasteiger charge is -2.11. The van der Waals surface area contributed by atoms with Crippen molar-refractivity contribution in [3.05, 3.63) is 24.2 Å². The van der Waals surface area contributed by atoms with Crippen LogP contribution in [0.25, 0.3) is 11.2 Å². The van der Waals surface area contributed by atoms with Gasteiger partial charge in [-0.15, -0.1) is 0 Å². The molecule has 0 spiro atoms. The number of hydrogen-bond donors (Lipinski definition) is 2. The quantitative estimate of drug-likeness (QED) is 0.834. The molecule has 2 aromatic rings. The standard InChI is InChI=1S/C13H17N5O/c1-18-7-17-11-4-9(5-15-12(11)18)13(19)16-6-10(14)8-2-3-8/h4-5,7-8,10H,2-3,6,14H2,1H3,(H,16,19). The molecular formula is C13H17N5O. The molecular weight excluding hydrogens is 242 g/mol. The zero-order chi connectivity index (χ0) is 13.4. The van der Waals surface area contributed by atoms with E-state index in [1.54, 1.807) is 18.6 Å². The van der Waals surface area contributed by atoms with E-state index in [0.29, 0.717) is 18.0 Å². The van der Waals surface area contributed by atoms with E-state index in [0.717, 1.165) is 11.2 Å². The van der Waals surface area contributed by atoms with Crippen molar-refractivity contribution in [1.29, 1.82) is 0 Å². The fourth-order valence-electron chi connectivity index (χ4n) is 2.14. The molecule has 1 unspecified atom stereocenters. The van der Waals surface area contributed by atoms with Crippen molar-refractivity contribution >= 4 is 17.1 Å². The molecule has 1 aliphatic carbocycles. The average Bonchev–Trinajstić information content (AvgIpc) is 3.21. The Morgan fingerprint density at radius 3 is 3.11 bits per heavy atom. The van der Waals surface area contributed by atoms with Crippen LogP contribution < -0.4 is 11.1 Å². The van der Waals surface area contributed by atoms with Gasteiger partial charge in [0.1, 0.15) is 5.52 Å². The second-order valence-electron chi connectivity index (χ2n) is 5.13. The number of nitrogens with two attached hydrogens (primary N) is 1. The molecule has 2 aromatic heterocycles. The highest BCUT2D eigenvalue weighted by molar-refractivity contribution is 5.96. The molecule has 6 nitrogen and oxygen atoms in total. The summed E-state index contributed by atoms with van der Waals surface area (Å²) in [7, 11) is 1.87. The van der Waals surface area contributed by atoms with E-state index in [-0.39, 0.29) is 11.9 Å². The molecule has 0 saturated heterocycles.